The smallest absolute Gasteiger partial charge is 0.225 e. The van der Waals surface area contributed by atoms with Gasteiger partial charge < -0.3 is 15.6 Å². The van der Waals surface area contributed by atoms with Crippen molar-refractivity contribution in [2.75, 3.05) is 11.9 Å². The van der Waals surface area contributed by atoms with E-state index < -0.39 is 0 Å². The van der Waals surface area contributed by atoms with Crippen molar-refractivity contribution < 1.29 is 4.79 Å². The molecule has 142 valence electrons. The standard InChI is InChI=1S/C19H26N4OS.ClH/c1-23-12-11-21-18(23)25-16-8-4-3-7-15(16)22-17(24)13-19(14-20)9-5-2-6-10-19;/h3-4,7-8,11-12H,2,5-6,9-10,13-14,20H2,1H3,(H,22,24);1H. The lowest BCUT2D eigenvalue weighted by Crippen LogP contribution is -2.36. The monoisotopic (exact) mass is 394 g/mol. The summed E-state index contributed by atoms with van der Waals surface area (Å²) in [6.07, 6.45) is 9.92. The van der Waals surface area contributed by atoms with Crippen molar-refractivity contribution in [3.05, 3.63) is 36.7 Å². The number of hydrogen-bond acceptors (Lipinski definition) is 4. The molecule has 1 amide bonds. The van der Waals surface area contributed by atoms with Crippen LogP contribution in [0.3, 0.4) is 0 Å². The molecular weight excluding hydrogens is 368 g/mol. The van der Waals surface area contributed by atoms with E-state index in [1.54, 1.807) is 18.0 Å². The van der Waals surface area contributed by atoms with E-state index in [2.05, 4.69) is 10.3 Å². The first-order chi connectivity index (χ1) is 12.1. The van der Waals surface area contributed by atoms with E-state index in [9.17, 15) is 4.79 Å². The van der Waals surface area contributed by atoms with Crippen LogP contribution in [0.15, 0.2) is 46.7 Å². The minimum absolute atomic E-state index is 0. The van der Waals surface area contributed by atoms with Crippen LogP contribution >= 0.6 is 24.2 Å². The largest absolute Gasteiger partial charge is 0.330 e. The summed E-state index contributed by atoms with van der Waals surface area (Å²) in [6.45, 7) is 0.587. The highest BCUT2D eigenvalue weighted by molar-refractivity contribution is 7.99. The SMILES string of the molecule is Cl.Cn1ccnc1Sc1ccccc1NC(=O)CC1(CN)CCCCC1. The first-order valence-electron chi connectivity index (χ1n) is 8.86. The Morgan fingerprint density at radius 3 is 2.69 bits per heavy atom. The van der Waals surface area contributed by atoms with Gasteiger partial charge in [0.2, 0.25) is 5.91 Å². The number of benzene rings is 1. The van der Waals surface area contributed by atoms with Gasteiger partial charge in [0.05, 0.1) is 5.69 Å². The summed E-state index contributed by atoms with van der Waals surface area (Å²) < 4.78 is 1.97. The number of carbonyl (C=O) groups excluding carboxylic acids is 1. The lowest BCUT2D eigenvalue weighted by Gasteiger charge is -2.35. The lowest BCUT2D eigenvalue weighted by atomic mass is 9.71. The fourth-order valence-corrected chi connectivity index (χ4v) is 4.39. The molecule has 1 aromatic heterocycles. The summed E-state index contributed by atoms with van der Waals surface area (Å²) in [5.41, 5.74) is 6.83. The van der Waals surface area contributed by atoms with Crippen molar-refractivity contribution in [1.29, 1.82) is 0 Å². The van der Waals surface area contributed by atoms with Gasteiger partial charge >= 0.3 is 0 Å². The molecular formula is C19H27ClN4OS. The molecule has 3 rings (SSSR count). The number of nitrogens with zero attached hydrogens (tertiary/aromatic N) is 2. The Labute approximate surface area is 165 Å². The minimum atomic E-state index is -0.0237. The van der Waals surface area contributed by atoms with Gasteiger partial charge in [0.25, 0.3) is 0 Å². The Morgan fingerprint density at radius 1 is 1.31 bits per heavy atom. The van der Waals surface area contributed by atoms with Crippen molar-refractivity contribution in [3.8, 4) is 0 Å². The average molecular weight is 395 g/mol. The van der Waals surface area contributed by atoms with Gasteiger partial charge in [-0.2, -0.15) is 0 Å². The van der Waals surface area contributed by atoms with Crippen LogP contribution in [0.25, 0.3) is 0 Å². The van der Waals surface area contributed by atoms with E-state index in [0.29, 0.717) is 13.0 Å². The number of nitrogens with one attached hydrogen (secondary N) is 1. The van der Waals surface area contributed by atoms with Gasteiger partial charge in [0.15, 0.2) is 5.16 Å². The Bertz CT molecular complexity index is 728. The van der Waals surface area contributed by atoms with Crippen LogP contribution in [-0.4, -0.2) is 22.0 Å². The summed E-state index contributed by atoms with van der Waals surface area (Å²) in [4.78, 5) is 18.0. The van der Waals surface area contributed by atoms with Gasteiger partial charge in [-0.15, -0.1) is 12.4 Å². The molecule has 0 atom stereocenters. The first-order valence-corrected chi connectivity index (χ1v) is 9.68. The van der Waals surface area contributed by atoms with Gasteiger partial charge in [-0.1, -0.05) is 31.4 Å². The van der Waals surface area contributed by atoms with Crippen LogP contribution in [0.1, 0.15) is 38.5 Å². The van der Waals surface area contributed by atoms with Gasteiger partial charge in [-0.3, -0.25) is 4.79 Å². The molecule has 3 N–H and O–H groups in total. The van der Waals surface area contributed by atoms with Crippen LogP contribution in [0, 0.1) is 5.41 Å². The number of hydrogen-bond donors (Lipinski definition) is 2. The zero-order valence-corrected chi connectivity index (χ0v) is 16.7. The number of aromatic nitrogens is 2. The molecule has 7 heteroatoms. The maximum Gasteiger partial charge on any atom is 0.225 e. The van der Waals surface area contributed by atoms with Gasteiger partial charge in [0, 0.05) is 30.8 Å². The van der Waals surface area contributed by atoms with Crippen molar-refractivity contribution in [2.24, 2.45) is 18.2 Å². The third kappa shape index (κ3) is 5.02. The third-order valence-corrected chi connectivity index (χ3v) is 6.17. The number of carbonyl (C=O) groups is 1. The van der Waals surface area contributed by atoms with E-state index in [4.69, 9.17) is 5.73 Å². The van der Waals surface area contributed by atoms with Gasteiger partial charge in [-0.25, -0.2) is 4.98 Å². The highest BCUT2D eigenvalue weighted by Gasteiger charge is 2.33. The van der Waals surface area contributed by atoms with Crippen LogP contribution < -0.4 is 11.1 Å². The molecule has 1 heterocycles. The van der Waals surface area contributed by atoms with E-state index in [1.807, 2.05) is 42.1 Å². The number of para-hydroxylation sites is 1. The molecule has 1 aliphatic rings. The average Bonchev–Trinajstić information content (AvgIpc) is 3.02. The third-order valence-electron chi connectivity index (χ3n) is 5.02. The van der Waals surface area contributed by atoms with Crippen molar-refractivity contribution >= 4 is 35.8 Å². The first kappa shape index (κ1) is 20.8. The molecule has 5 nitrogen and oxygen atoms in total. The summed E-state index contributed by atoms with van der Waals surface area (Å²) in [6, 6.07) is 7.87. The Kier molecular flexibility index (Phi) is 7.55. The van der Waals surface area contributed by atoms with Crippen LogP contribution in [0.5, 0.6) is 0 Å². The predicted molar refractivity (Wildman–Crippen MR) is 109 cm³/mol. The molecule has 2 aromatic rings. The summed E-state index contributed by atoms with van der Waals surface area (Å²) >= 11 is 1.55. The number of amides is 1. The van der Waals surface area contributed by atoms with Crippen molar-refractivity contribution in [3.63, 3.8) is 0 Å². The Hall–Kier alpha value is -1.50. The van der Waals surface area contributed by atoms with E-state index >= 15 is 0 Å². The second-order valence-corrected chi connectivity index (χ2v) is 7.92. The molecule has 1 fully saturated rings. The Morgan fingerprint density at radius 2 is 2.04 bits per heavy atom. The molecule has 0 bridgehead atoms. The predicted octanol–water partition coefficient (Wildman–Crippen LogP) is 4.23. The zero-order valence-electron chi connectivity index (χ0n) is 15.1. The summed E-state index contributed by atoms with van der Waals surface area (Å²) in [5.74, 6) is 0.0558. The molecule has 0 spiro atoms. The molecule has 26 heavy (non-hydrogen) atoms. The van der Waals surface area contributed by atoms with E-state index in [1.165, 1.54) is 19.3 Å². The fourth-order valence-electron chi connectivity index (χ4n) is 3.50. The number of aryl methyl sites for hydroxylation is 1. The summed E-state index contributed by atoms with van der Waals surface area (Å²) in [5, 5.41) is 3.99. The normalized spacial score (nSPS) is 15.9. The van der Waals surface area contributed by atoms with Crippen molar-refractivity contribution in [1.82, 2.24) is 9.55 Å². The number of imidazole rings is 1. The maximum absolute atomic E-state index is 12.7. The molecule has 0 radical (unpaired) electrons. The minimum Gasteiger partial charge on any atom is -0.330 e. The van der Waals surface area contributed by atoms with Crippen LogP contribution in [-0.2, 0) is 11.8 Å². The number of rotatable bonds is 6. The van der Waals surface area contributed by atoms with Crippen LogP contribution in [0.4, 0.5) is 5.69 Å². The molecule has 0 unspecified atom stereocenters. The van der Waals surface area contributed by atoms with Crippen LogP contribution in [0.2, 0.25) is 0 Å². The number of halogens is 1. The molecule has 0 saturated heterocycles. The molecule has 1 saturated carbocycles. The fraction of sp³-hybridized carbons (Fsp3) is 0.474. The second-order valence-electron chi connectivity index (χ2n) is 6.91. The van der Waals surface area contributed by atoms with Crippen molar-refractivity contribution in [2.45, 2.75) is 48.6 Å². The quantitative estimate of drug-likeness (QED) is 0.768. The lowest BCUT2D eigenvalue weighted by molar-refractivity contribution is -0.118. The Balaban J connectivity index is 0.00000243. The van der Waals surface area contributed by atoms with E-state index in [-0.39, 0.29) is 23.7 Å². The van der Waals surface area contributed by atoms with Gasteiger partial charge in [-0.05, 0) is 48.7 Å². The number of anilines is 1. The highest BCUT2D eigenvalue weighted by atomic mass is 35.5. The topological polar surface area (TPSA) is 72.9 Å². The second kappa shape index (κ2) is 9.44. The summed E-state index contributed by atoms with van der Waals surface area (Å²) in [7, 11) is 1.96. The van der Waals surface area contributed by atoms with Gasteiger partial charge in [0.1, 0.15) is 0 Å². The highest BCUT2D eigenvalue weighted by Crippen LogP contribution is 2.39. The zero-order chi connectivity index (χ0) is 17.7. The number of nitrogens with two attached hydrogens (primary N) is 1. The molecule has 0 aliphatic heterocycles. The maximum atomic E-state index is 12.7. The molecule has 1 aliphatic carbocycles. The van der Waals surface area contributed by atoms with E-state index in [0.717, 1.165) is 28.6 Å². The molecule has 1 aromatic carbocycles.